The van der Waals surface area contributed by atoms with Crippen molar-refractivity contribution in [2.75, 3.05) is 18.0 Å². The molecule has 0 amide bonds. The van der Waals surface area contributed by atoms with Gasteiger partial charge < -0.3 is 4.90 Å². The number of benzene rings is 1. The molecule has 0 saturated carbocycles. The van der Waals surface area contributed by atoms with Gasteiger partial charge in [-0.25, -0.2) is 0 Å². The van der Waals surface area contributed by atoms with Crippen LogP contribution in [0.3, 0.4) is 0 Å². The van der Waals surface area contributed by atoms with E-state index in [4.69, 9.17) is 0 Å². The maximum atomic E-state index is 12.0. The van der Waals surface area contributed by atoms with Crippen molar-refractivity contribution in [3.63, 3.8) is 0 Å². The first-order chi connectivity index (χ1) is 8.84. The molecule has 1 N–H and O–H groups in total. The summed E-state index contributed by atoms with van der Waals surface area (Å²) in [5.74, 6) is 0.581. The Labute approximate surface area is 104 Å². The molecule has 3 rings (SSSR count). The van der Waals surface area contributed by atoms with E-state index in [1.165, 1.54) is 0 Å². The molecular weight excluding hydrogens is 228 g/mol. The number of nitrogens with zero attached hydrogens (tertiary/aromatic N) is 3. The molecule has 5 nitrogen and oxygen atoms in total. The molecular formula is C13H14N4O. The van der Waals surface area contributed by atoms with Gasteiger partial charge in [-0.3, -0.25) is 9.78 Å². The number of aromatic nitrogens is 3. The van der Waals surface area contributed by atoms with Crippen molar-refractivity contribution in [2.24, 2.45) is 0 Å². The van der Waals surface area contributed by atoms with Gasteiger partial charge in [0.05, 0.1) is 0 Å². The Morgan fingerprint density at radius 1 is 1.06 bits per heavy atom. The van der Waals surface area contributed by atoms with Crippen LogP contribution in [-0.4, -0.2) is 28.3 Å². The summed E-state index contributed by atoms with van der Waals surface area (Å²) >= 11 is 0. The third-order valence-corrected chi connectivity index (χ3v) is 3.14. The van der Waals surface area contributed by atoms with Gasteiger partial charge in [-0.1, -0.05) is 30.3 Å². The lowest BCUT2D eigenvalue weighted by atomic mass is 10.2. The first kappa shape index (κ1) is 11.0. The van der Waals surface area contributed by atoms with Crippen LogP contribution in [0.4, 0.5) is 5.95 Å². The van der Waals surface area contributed by atoms with Gasteiger partial charge in [0.25, 0.3) is 5.56 Å². The first-order valence-corrected chi connectivity index (χ1v) is 6.12. The second-order valence-corrected chi connectivity index (χ2v) is 4.39. The summed E-state index contributed by atoms with van der Waals surface area (Å²) in [4.78, 5) is 16.9. The summed E-state index contributed by atoms with van der Waals surface area (Å²) in [6.07, 6.45) is 2.29. The van der Waals surface area contributed by atoms with Crippen molar-refractivity contribution < 1.29 is 0 Å². The summed E-state index contributed by atoms with van der Waals surface area (Å²) in [5, 5.41) is 8.18. The van der Waals surface area contributed by atoms with E-state index in [0.29, 0.717) is 11.6 Å². The zero-order chi connectivity index (χ0) is 12.4. The van der Waals surface area contributed by atoms with Crippen LogP contribution < -0.4 is 10.5 Å². The van der Waals surface area contributed by atoms with Gasteiger partial charge in [0, 0.05) is 18.7 Å². The molecule has 1 aliphatic heterocycles. The molecule has 0 bridgehead atoms. The molecule has 2 aromatic rings. The number of anilines is 1. The van der Waals surface area contributed by atoms with Crippen molar-refractivity contribution in [1.82, 2.24) is 15.2 Å². The van der Waals surface area contributed by atoms with Crippen LogP contribution in [-0.2, 0) is 0 Å². The normalized spacial score (nSPS) is 15.0. The minimum absolute atomic E-state index is 0.182. The van der Waals surface area contributed by atoms with Gasteiger partial charge in [-0.05, 0) is 12.8 Å². The van der Waals surface area contributed by atoms with E-state index >= 15 is 0 Å². The van der Waals surface area contributed by atoms with E-state index in [0.717, 1.165) is 31.5 Å². The average molecular weight is 242 g/mol. The summed E-state index contributed by atoms with van der Waals surface area (Å²) < 4.78 is 0. The van der Waals surface area contributed by atoms with E-state index in [2.05, 4.69) is 20.1 Å². The third kappa shape index (κ3) is 1.99. The highest BCUT2D eigenvalue weighted by atomic mass is 16.1. The Kier molecular flexibility index (Phi) is 2.80. The molecule has 0 unspecified atom stereocenters. The first-order valence-electron chi connectivity index (χ1n) is 6.12. The maximum absolute atomic E-state index is 12.0. The molecule has 5 heteroatoms. The van der Waals surface area contributed by atoms with Crippen molar-refractivity contribution in [3.8, 4) is 11.3 Å². The van der Waals surface area contributed by atoms with Crippen LogP contribution >= 0.6 is 0 Å². The van der Waals surface area contributed by atoms with Gasteiger partial charge in [-0.2, -0.15) is 0 Å². The smallest absolute Gasteiger partial charge is 0.279 e. The van der Waals surface area contributed by atoms with Crippen LogP contribution in [0.15, 0.2) is 35.1 Å². The zero-order valence-corrected chi connectivity index (χ0v) is 9.97. The number of nitrogens with one attached hydrogen (secondary N) is 1. The molecule has 0 aliphatic carbocycles. The molecule has 0 atom stereocenters. The van der Waals surface area contributed by atoms with E-state index in [1.807, 2.05) is 30.3 Å². The van der Waals surface area contributed by atoms with E-state index < -0.39 is 0 Å². The van der Waals surface area contributed by atoms with E-state index in [1.54, 1.807) is 0 Å². The number of hydrogen-bond acceptors (Lipinski definition) is 4. The molecule has 1 fully saturated rings. The summed E-state index contributed by atoms with van der Waals surface area (Å²) in [5.41, 5.74) is 0.982. The lowest BCUT2D eigenvalue weighted by Crippen LogP contribution is -2.25. The lowest BCUT2D eigenvalue weighted by Gasteiger charge is -2.14. The van der Waals surface area contributed by atoms with Gasteiger partial charge in [-0.15, -0.1) is 10.2 Å². The van der Waals surface area contributed by atoms with Gasteiger partial charge in [0.15, 0.2) is 5.69 Å². The van der Waals surface area contributed by atoms with Crippen molar-refractivity contribution in [2.45, 2.75) is 12.8 Å². The van der Waals surface area contributed by atoms with Crippen LogP contribution in [0.5, 0.6) is 0 Å². The molecule has 92 valence electrons. The summed E-state index contributed by atoms with van der Waals surface area (Å²) in [6.45, 7) is 1.88. The molecule has 0 spiro atoms. The van der Waals surface area contributed by atoms with Crippen LogP contribution in [0.2, 0.25) is 0 Å². The largest absolute Gasteiger partial charge is 0.341 e. The Balaban J connectivity index is 1.97. The standard InChI is InChI=1S/C13H14N4O/c18-12-11(10-6-2-1-3-7-10)15-16-13(14-12)17-8-4-5-9-17/h1-3,6-7H,4-5,8-9H2,(H,14,16,18). The monoisotopic (exact) mass is 242 g/mol. The Morgan fingerprint density at radius 3 is 2.44 bits per heavy atom. The van der Waals surface area contributed by atoms with E-state index in [-0.39, 0.29) is 5.56 Å². The molecule has 18 heavy (non-hydrogen) atoms. The minimum atomic E-state index is -0.182. The van der Waals surface area contributed by atoms with Gasteiger partial charge in [0.1, 0.15) is 0 Å². The molecule has 1 aromatic heterocycles. The Bertz CT molecular complexity index is 587. The highest BCUT2D eigenvalue weighted by Crippen LogP contribution is 2.15. The Hall–Kier alpha value is -2.17. The number of H-pyrrole nitrogens is 1. The average Bonchev–Trinajstić information content (AvgIpc) is 2.93. The van der Waals surface area contributed by atoms with Gasteiger partial charge in [0.2, 0.25) is 5.95 Å². The SMILES string of the molecule is O=c1[nH]c(N2CCCC2)nnc1-c1ccccc1. The van der Waals surface area contributed by atoms with E-state index in [9.17, 15) is 4.79 Å². The second-order valence-electron chi connectivity index (χ2n) is 4.39. The van der Waals surface area contributed by atoms with Crippen LogP contribution in [0, 0.1) is 0 Å². The number of rotatable bonds is 2. The molecule has 0 radical (unpaired) electrons. The predicted molar refractivity (Wildman–Crippen MR) is 69.5 cm³/mol. The fourth-order valence-corrected chi connectivity index (χ4v) is 2.18. The lowest BCUT2D eigenvalue weighted by molar-refractivity contribution is 0.842. The Morgan fingerprint density at radius 2 is 1.78 bits per heavy atom. The van der Waals surface area contributed by atoms with Crippen LogP contribution in [0.1, 0.15) is 12.8 Å². The molecule has 1 aliphatic rings. The van der Waals surface area contributed by atoms with Gasteiger partial charge >= 0.3 is 0 Å². The predicted octanol–water partition coefficient (Wildman–Crippen LogP) is 1.43. The molecule has 1 aromatic carbocycles. The summed E-state index contributed by atoms with van der Waals surface area (Å²) in [7, 11) is 0. The maximum Gasteiger partial charge on any atom is 0.279 e. The fraction of sp³-hybridized carbons (Fsp3) is 0.308. The van der Waals surface area contributed by atoms with Crippen molar-refractivity contribution >= 4 is 5.95 Å². The van der Waals surface area contributed by atoms with Crippen molar-refractivity contribution in [3.05, 3.63) is 40.7 Å². The minimum Gasteiger partial charge on any atom is -0.341 e. The zero-order valence-electron chi connectivity index (χ0n) is 9.97. The highest BCUT2D eigenvalue weighted by Gasteiger charge is 2.16. The molecule has 1 saturated heterocycles. The fourth-order valence-electron chi connectivity index (χ4n) is 2.18. The van der Waals surface area contributed by atoms with Crippen molar-refractivity contribution in [1.29, 1.82) is 0 Å². The van der Waals surface area contributed by atoms with Crippen LogP contribution in [0.25, 0.3) is 11.3 Å². The topological polar surface area (TPSA) is 61.9 Å². The summed E-state index contributed by atoms with van der Waals surface area (Å²) in [6, 6.07) is 9.38. The number of aromatic amines is 1. The quantitative estimate of drug-likeness (QED) is 0.865. The third-order valence-electron chi connectivity index (χ3n) is 3.14. The molecule has 2 heterocycles. The highest BCUT2D eigenvalue weighted by molar-refractivity contribution is 5.57. The number of hydrogen-bond donors (Lipinski definition) is 1. The second kappa shape index (κ2) is 4.60.